The number of para-hydroxylation sites is 1. The highest BCUT2D eigenvalue weighted by molar-refractivity contribution is 7.22. The molecule has 3 aromatic carbocycles. The lowest BCUT2D eigenvalue weighted by Crippen LogP contribution is -2.08. The Morgan fingerprint density at radius 3 is 2.47 bits per heavy atom. The summed E-state index contributed by atoms with van der Waals surface area (Å²) in [5.41, 5.74) is 9.59. The van der Waals surface area contributed by atoms with Crippen molar-refractivity contribution in [3.63, 3.8) is 0 Å². The van der Waals surface area contributed by atoms with Crippen molar-refractivity contribution in [1.29, 1.82) is 0 Å². The molecule has 4 nitrogen and oxygen atoms in total. The summed E-state index contributed by atoms with van der Waals surface area (Å²) in [4.78, 5) is 4.62. The summed E-state index contributed by atoms with van der Waals surface area (Å²) in [5, 5.41) is 7.28. The lowest BCUT2D eigenvalue weighted by molar-refractivity contribution is 0.617. The van der Waals surface area contributed by atoms with E-state index in [2.05, 4.69) is 73.6 Å². The Labute approximate surface area is 178 Å². The Hall–Kier alpha value is -3.44. The van der Waals surface area contributed by atoms with E-state index in [-0.39, 0.29) is 0 Å². The van der Waals surface area contributed by atoms with E-state index >= 15 is 0 Å². The molecule has 5 rings (SSSR count). The highest BCUT2D eigenvalue weighted by atomic mass is 32.1. The van der Waals surface area contributed by atoms with Gasteiger partial charge in [-0.2, -0.15) is 5.10 Å². The van der Waals surface area contributed by atoms with Crippen LogP contribution in [0.1, 0.15) is 16.7 Å². The molecule has 0 saturated heterocycles. The van der Waals surface area contributed by atoms with Gasteiger partial charge in [-0.15, -0.1) is 0 Å². The molecule has 2 heterocycles. The largest absolute Gasteiger partial charge is 0.456 e. The van der Waals surface area contributed by atoms with E-state index in [1.54, 1.807) is 11.3 Å². The van der Waals surface area contributed by atoms with Gasteiger partial charge in [-0.25, -0.2) is 4.98 Å². The zero-order valence-electron chi connectivity index (χ0n) is 17.1. The number of hydrogen-bond donors (Lipinski definition) is 1. The lowest BCUT2D eigenvalue weighted by Gasteiger charge is -2.08. The molecular formula is C25H21N3OS. The Morgan fingerprint density at radius 2 is 1.67 bits per heavy atom. The fourth-order valence-electron chi connectivity index (χ4n) is 3.40. The number of rotatable bonds is 3. The van der Waals surface area contributed by atoms with Gasteiger partial charge in [-0.3, -0.25) is 5.43 Å². The maximum Gasteiger partial charge on any atom is 0.204 e. The number of nitrogens with one attached hydrogen (secondary N) is 1. The molecule has 0 saturated carbocycles. The quantitative estimate of drug-likeness (QED) is 0.342. The third kappa shape index (κ3) is 3.48. The van der Waals surface area contributed by atoms with Crippen molar-refractivity contribution in [3.05, 3.63) is 88.8 Å². The van der Waals surface area contributed by atoms with E-state index in [0.29, 0.717) is 0 Å². The van der Waals surface area contributed by atoms with Crippen LogP contribution in [0.15, 0.2) is 76.2 Å². The predicted molar refractivity (Wildman–Crippen MR) is 125 cm³/mol. The van der Waals surface area contributed by atoms with E-state index in [1.165, 1.54) is 16.7 Å². The Balaban J connectivity index is 1.66. The van der Waals surface area contributed by atoms with Gasteiger partial charge in [-0.05, 0) is 56.2 Å². The van der Waals surface area contributed by atoms with E-state index in [0.717, 1.165) is 43.0 Å². The van der Waals surface area contributed by atoms with Gasteiger partial charge in [0.15, 0.2) is 0 Å². The predicted octanol–water partition coefficient (Wildman–Crippen LogP) is 6.56. The van der Waals surface area contributed by atoms with Crippen molar-refractivity contribution in [2.75, 3.05) is 5.43 Å². The minimum atomic E-state index is 0.769. The van der Waals surface area contributed by atoms with Crippen LogP contribution in [0, 0.1) is 20.8 Å². The molecule has 2 aromatic heterocycles. The molecule has 0 aliphatic heterocycles. The standard InChI is InChI=1S/C25H21N3OS/c1-15-8-10-18(11-9-15)22-14-21(19-12-16(2)17(3)13-23(19)29-22)27-28-25-26-20-6-4-5-7-24(20)30-25/h4-14H,1-3H3,(H,26,28). The SMILES string of the molecule is Cc1ccc(-c2cc(=NNc3nc4ccccc4s3)c3cc(C)c(C)cc3o2)cc1. The molecule has 5 heteroatoms. The fourth-order valence-corrected chi connectivity index (χ4v) is 4.21. The maximum absolute atomic E-state index is 6.26. The summed E-state index contributed by atoms with van der Waals surface area (Å²) in [6, 6.07) is 22.6. The number of fused-ring (bicyclic) bond motifs is 2. The van der Waals surface area contributed by atoms with Crippen LogP contribution in [0.2, 0.25) is 0 Å². The molecule has 0 amide bonds. The molecule has 0 aliphatic rings. The van der Waals surface area contributed by atoms with Gasteiger partial charge in [0.2, 0.25) is 5.13 Å². The van der Waals surface area contributed by atoms with E-state index in [4.69, 9.17) is 9.52 Å². The minimum Gasteiger partial charge on any atom is -0.456 e. The monoisotopic (exact) mass is 411 g/mol. The second-order valence-electron chi connectivity index (χ2n) is 7.50. The number of benzene rings is 3. The molecule has 0 atom stereocenters. The second-order valence-corrected chi connectivity index (χ2v) is 8.54. The van der Waals surface area contributed by atoms with Crippen LogP contribution in [-0.4, -0.2) is 4.98 Å². The molecule has 0 aliphatic carbocycles. The average molecular weight is 412 g/mol. The number of nitrogens with zero attached hydrogens (tertiary/aromatic N) is 2. The van der Waals surface area contributed by atoms with Crippen molar-refractivity contribution in [2.45, 2.75) is 20.8 Å². The molecule has 0 spiro atoms. The van der Waals surface area contributed by atoms with Crippen LogP contribution in [0.4, 0.5) is 5.13 Å². The summed E-state index contributed by atoms with van der Waals surface area (Å²) in [6.45, 7) is 6.28. The van der Waals surface area contributed by atoms with Crippen molar-refractivity contribution in [3.8, 4) is 11.3 Å². The van der Waals surface area contributed by atoms with Gasteiger partial charge in [0.05, 0.1) is 15.6 Å². The van der Waals surface area contributed by atoms with Gasteiger partial charge in [0.1, 0.15) is 11.3 Å². The van der Waals surface area contributed by atoms with E-state index in [1.807, 2.05) is 24.3 Å². The van der Waals surface area contributed by atoms with Gasteiger partial charge in [0, 0.05) is 17.0 Å². The highest BCUT2D eigenvalue weighted by Crippen LogP contribution is 2.26. The van der Waals surface area contributed by atoms with Gasteiger partial charge in [-0.1, -0.05) is 53.3 Å². The summed E-state index contributed by atoms with van der Waals surface area (Å²) in [6.07, 6.45) is 0. The van der Waals surface area contributed by atoms with Crippen LogP contribution in [0.25, 0.3) is 32.5 Å². The Morgan fingerprint density at radius 1 is 0.900 bits per heavy atom. The number of aryl methyl sites for hydroxylation is 3. The van der Waals surface area contributed by atoms with Gasteiger partial charge in [0.25, 0.3) is 0 Å². The Kier molecular flexibility index (Phi) is 4.60. The highest BCUT2D eigenvalue weighted by Gasteiger charge is 2.09. The second kappa shape index (κ2) is 7.43. The summed E-state index contributed by atoms with van der Waals surface area (Å²) in [5.74, 6) is 0.788. The van der Waals surface area contributed by atoms with Crippen LogP contribution < -0.4 is 10.8 Å². The number of anilines is 1. The lowest BCUT2D eigenvalue weighted by atomic mass is 10.1. The smallest absolute Gasteiger partial charge is 0.204 e. The normalized spacial score (nSPS) is 12.0. The third-order valence-electron chi connectivity index (χ3n) is 5.26. The molecule has 0 fully saturated rings. The first-order chi connectivity index (χ1) is 14.6. The van der Waals surface area contributed by atoms with Crippen molar-refractivity contribution in [1.82, 2.24) is 4.98 Å². The summed E-state index contributed by atoms with van der Waals surface area (Å²) in [7, 11) is 0. The van der Waals surface area contributed by atoms with Crippen LogP contribution in [0.5, 0.6) is 0 Å². The fraction of sp³-hybridized carbons (Fsp3) is 0.120. The summed E-state index contributed by atoms with van der Waals surface area (Å²) >= 11 is 1.59. The molecule has 0 unspecified atom stereocenters. The van der Waals surface area contributed by atoms with Crippen LogP contribution in [-0.2, 0) is 0 Å². The first-order valence-corrected chi connectivity index (χ1v) is 10.7. The molecule has 1 N–H and O–H groups in total. The maximum atomic E-state index is 6.26. The third-order valence-corrected chi connectivity index (χ3v) is 6.20. The van der Waals surface area contributed by atoms with Crippen molar-refractivity contribution >= 4 is 37.7 Å². The van der Waals surface area contributed by atoms with Crippen molar-refractivity contribution < 1.29 is 4.42 Å². The average Bonchev–Trinajstić information content (AvgIpc) is 3.16. The molecule has 30 heavy (non-hydrogen) atoms. The number of thiazole rings is 1. The first kappa shape index (κ1) is 18.6. The van der Waals surface area contributed by atoms with Gasteiger partial charge >= 0.3 is 0 Å². The molecule has 0 radical (unpaired) electrons. The topological polar surface area (TPSA) is 50.4 Å². The zero-order chi connectivity index (χ0) is 20.7. The number of hydrogen-bond acceptors (Lipinski definition) is 5. The van der Waals surface area contributed by atoms with Gasteiger partial charge < -0.3 is 4.42 Å². The number of aromatic nitrogens is 1. The summed E-state index contributed by atoms with van der Waals surface area (Å²) < 4.78 is 7.40. The van der Waals surface area contributed by atoms with E-state index in [9.17, 15) is 0 Å². The Bertz CT molecular complexity index is 1410. The molecule has 0 bridgehead atoms. The first-order valence-electron chi connectivity index (χ1n) is 9.84. The molecule has 5 aromatic rings. The zero-order valence-corrected chi connectivity index (χ0v) is 17.9. The van der Waals surface area contributed by atoms with Crippen molar-refractivity contribution in [2.24, 2.45) is 5.10 Å². The van der Waals surface area contributed by atoms with E-state index < -0.39 is 0 Å². The minimum absolute atomic E-state index is 0.769. The van der Waals surface area contributed by atoms with Crippen LogP contribution in [0.3, 0.4) is 0 Å². The molecular weight excluding hydrogens is 390 g/mol. The van der Waals surface area contributed by atoms with Crippen LogP contribution >= 0.6 is 11.3 Å². The molecule has 148 valence electrons.